The van der Waals surface area contributed by atoms with Crippen molar-refractivity contribution in [3.8, 4) is 0 Å². The Morgan fingerprint density at radius 2 is 2.08 bits per heavy atom. The van der Waals surface area contributed by atoms with Crippen LogP contribution in [0.25, 0.3) is 10.9 Å². The fraction of sp³-hybridized carbons (Fsp3) is 0. The Balaban J connectivity index is 0.000000720. The Hall–Kier alpha value is -1.22. The van der Waals surface area contributed by atoms with E-state index in [2.05, 4.69) is 4.98 Å². The molecule has 2 nitrogen and oxygen atoms in total. The molecule has 0 aliphatic heterocycles. The number of halogens is 2. The van der Waals surface area contributed by atoms with E-state index in [1.807, 2.05) is 0 Å². The molecule has 64 valence electrons. The fourth-order valence-corrected chi connectivity index (χ4v) is 1.11. The summed E-state index contributed by atoms with van der Waals surface area (Å²) in [7, 11) is 0. The summed E-state index contributed by atoms with van der Waals surface area (Å²) < 4.78 is 12.6. The average Bonchev–Trinajstić information content (AvgIpc) is 2.33. The zero-order chi connectivity index (χ0) is 7.84. The molecule has 0 spiro atoms. The van der Waals surface area contributed by atoms with Gasteiger partial charge in [-0.1, -0.05) is 0 Å². The predicted octanol–water partition coefficient (Wildman–Crippen LogP) is 2.31. The number of nitrogens with two attached hydrogens (primary N) is 1. The Kier molecular flexibility index (Phi) is 2.24. The molecule has 1 aromatic carbocycles. The second-order valence-corrected chi connectivity index (χ2v) is 2.43. The van der Waals surface area contributed by atoms with Crippen molar-refractivity contribution >= 4 is 29.0 Å². The van der Waals surface area contributed by atoms with E-state index in [1.165, 1.54) is 12.1 Å². The quantitative estimate of drug-likeness (QED) is 0.652. The van der Waals surface area contributed by atoms with Crippen molar-refractivity contribution in [2.75, 3.05) is 5.73 Å². The molecule has 0 fully saturated rings. The van der Waals surface area contributed by atoms with E-state index in [4.69, 9.17) is 5.73 Å². The van der Waals surface area contributed by atoms with Gasteiger partial charge in [0.2, 0.25) is 0 Å². The number of benzene rings is 1. The van der Waals surface area contributed by atoms with Gasteiger partial charge in [-0.25, -0.2) is 4.39 Å². The first kappa shape index (κ1) is 8.87. The standard InChI is InChI=1S/C8H7FN2.ClH/c9-5-1-2-8-6(3-5)7(10)4-11-8;/h1-4,11H,10H2;1H. The van der Waals surface area contributed by atoms with Crippen molar-refractivity contribution in [2.45, 2.75) is 0 Å². The Morgan fingerprint density at radius 1 is 1.33 bits per heavy atom. The average molecular weight is 187 g/mol. The lowest BCUT2D eigenvalue weighted by Crippen LogP contribution is -1.80. The third-order valence-corrected chi connectivity index (χ3v) is 1.68. The van der Waals surface area contributed by atoms with E-state index in [1.54, 1.807) is 12.3 Å². The van der Waals surface area contributed by atoms with Crippen LogP contribution in [0.15, 0.2) is 24.4 Å². The summed E-state index contributed by atoms with van der Waals surface area (Å²) in [6.45, 7) is 0. The largest absolute Gasteiger partial charge is 0.397 e. The number of nitrogen functional groups attached to an aromatic ring is 1. The van der Waals surface area contributed by atoms with E-state index in [0.29, 0.717) is 5.69 Å². The van der Waals surface area contributed by atoms with Crippen molar-refractivity contribution in [1.29, 1.82) is 0 Å². The molecule has 0 amide bonds. The van der Waals surface area contributed by atoms with E-state index in [0.717, 1.165) is 10.9 Å². The third kappa shape index (κ3) is 1.23. The van der Waals surface area contributed by atoms with Crippen LogP contribution in [0, 0.1) is 5.82 Å². The summed E-state index contributed by atoms with van der Waals surface area (Å²) in [6, 6.07) is 4.49. The van der Waals surface area contributed by atoms with Crippen molar-refractivity contribution in [3.05, 3.63) is 30.2 Å². The number of rotatable bonds is 0. The molecule has 0 radical (unpaired) electrons. The number of hydrogen-bond acceptors (Lipinski definition) is 1. The summed E-state index contributed by atoms with van der Waals surface area (Å²) >= 11 is 0. The van der Waals surface area contributed by atoms with Gasteiger partial charge < -0.3 is 10.7 Å². The highest BCUT2D eigenvalue weighted by molar-refractivity contribution is 5.90. The Labute approximate surface area is 75.0 Å². The van der Waals surface area contributed by atoms with E-state index in [-0.39, 0.29) is 18.2 Å². The summed E-state index contributed by atoms with van der Waals surface area (Å²) in [6.07, 6.45) is 1.66. The lowest BCUT2D eigenvalue weighted by molar-refractivity contribution is 0.630. The lowest BCUT2D eigenvalue weighted by atomic mass is 10.2. The van der Waals surface area contributed by atoms with Gasteiger partial charge in [0, 0.05) is 17.1 Å². The van der Waals surface area contributed by atoms with Crippen LogP contribution in [-0.4, -0.2) is 4.98 Å². The molecule has 1 heterocycles. The van der Waals surface area contributed by atoms with Gasteiger partial charge in [-0.05, 0) is 18.2 Å². The van der Waals surface area contributed by atoms with Crippen LogP contribution < -0.4 is 5.73 Å². The van der Waals surface area contributed by atoms with Gasteiger partial charge in [-0.3, -0.25) is 0 Å². The third-order valence-electron chi connectivity index (χ3n) is 1.68. The number of anilines is 1. The van der Waals surface area contributed by atoms with E-state index < -0.39 is 0 Å². The molecule has 0 atom stereocenters. The van der Waals surface area contributed by atoms with Crippen LogP contribution in [0.5, 0.6) is 0 Å². The SMILES string of the molecule is Cl.Nc1c[nH]c2ccc(F)cc12. The monoisotopic (exact) mass is 186 g/mol. The molecule has 0 unspecified atom stereocenters. The minimum atomic E-state index is -0.260. The maximum atomic E-state index is 12.6. The van der Waals surface area contributed by atoms with Crippen molar-refractivity contribution in [2.24, 2.45) is 0 Å². The van der Waals surface area contributed by atoms with Gasteiger partial charge in [0.05, 0.1) is 5.69 Å². The fourth-order valence-electron chi connectivity index (χ4n) is 1.11. The number of hydrogen-bond donors (Lipinski definition) is 2. The molecule has 2 aromatic rings. The molecular weight excluding hydrogens is 179 g/mol. The number of aromatic nitrogens is 1. The topological polar surface area (TPSA) is 41.8 Å². The maximum absolute atomic E-state index is 12.6. The molecule has 12 heavy (non-hydrogen) atoms. The highest BCUT2D eigenvalue weighted by Gasteiger charge is 1.99. The first-order chi connectivity index (χ1) is 5.27. The van der Waals surface area contributed by atoms with Gasteiger partial charge in [-0.2, -0.15) is 0 Å². The molecule has 0 bridgehead atoms. The van der Waals surface area contributed by atoms with Crippen LogP contribution in [0.1, 0.15) is 0 Å². The van der Waals surface area contributed by atoms with Crippen LogP contribution >= 0.6 is 12.4 Å². The smallest absolute Gasteiger partial charge is 0.124 e. The summed E-state index contributed by atoms with van der Waals surface area (Å²) in [5.41, 5.74) is 6.99. The van der Waals surface area contributed by atoms with Crippen molar-refractivity contribution < 1.29 is 4.39 Å². The lowest BCUT2D eigenvalue weighted by Gasteiger charge is -1.90. The van der Waals surface area contributed by atoms with Crippen LogP contribution in [0.3, 0.4) is 0 Å². The van der Waals surface area contributed by atoms with E-state index >= 15 is 0 Å². The zero-order valence-corrected chi connectivity index (χ0v) is 6.99. The summed E-state index contributed by atoms with van der Waals surface area (Å²) in [5, 5.41) is 0.741. The number of H-pyrrole nitrogens is 1. The van der Waals surface area contributed by atoms with Crippen molar-refractivity contribution in [1.82, 2.24) is 4.98 Å². The second kappa shape index (κ2) is 3.03. The number of fused-ring (bicyclic) bond motifs is 1. The van der Waals surface area contributed by atoms with Crippen LogP contribution in [0.2, 0.25) is 0 Å². The molecule has 1 aromatic heterocycles. The van der Waals surface area contributed by atoms with Gasteiger partial charge in [0.1, 0.15) is 5.82 Å². The molecule has 0 saturated heterocycles. The molecule has 0 aliphatic carbocycles. The van der Waals surface area contributed by atoms with Gasteiger partial charge in [0.15, 0.2) is 0 Å². The maximum Gasteiger partial charge on any atom is 0.124 e. The molecule has 4 heteroatoms. The first-order valence-electron chi connectivity index (χ1n) is 3.29. The summed E-state index contributed by atoms with van der Waals surface area (Å²) in [4.78, 5) is 2.92. The minimum absolute atomic E-state index is 0. The Bertz CT molecular complexity index is 397. The number of nitrogens with one attached hydrogen (secondary N) is 1. The first-order valence-corrected chi connectivity index (χ1v) is 3.29. The minimum Gasteiger partial charge on any atom is -0.397 e. The number of aromatic amines is 1. The Morgan fingerprint density at radius 3 is 2.83 bits per heavy atom. The zero-order valence-electron chi connectivity index (χ0n) is 6.17. The van der Waals surface area contributed by atoms with Gasteiger partial charge in [0.25, 0.3) is 0 Å². The molecule has 0 saturated carbocycles. The predicted molar refractivity (Wildman–Crippen MR) is 49.9 cm³/mol. The van der Waals surface area contributed by atoms with Gasteiger partial charge >= 0.3 is 0 Å². The normalized spacial score (nSPS) is 9.75. The van der Waals surface area contributed by atoms with Crippen LogP contribution in [-0.2, 0) is 0 Å². The van der Waals surface area contributed by atoms with Gasteiger partial charge in [-0.15, -0.1) is 12.4 Å². The second-order valence-electron chi connectivity index (χ2n) is 2.43. The van der Waals surface area contributed by atoms with E-state index in [9.17, 15) is 4.39 Å². The van der Waals surface area contributed by atoms with Crippen LogP contribution in [0.4, 0.5) is 10.1 Å². The summed E-state index contributed by atoms with van der Waals surface area (Å²) in [5.74, 6) is -0.260. The highest BCUT2D eigenvalue weighted by Crippen LogP contribution is 2.20. The molecule has 3 N–H and O–H groups in total. The molecule has 0 aliphatic rings. The molecular formula is C8H8ClFN2. The molecule has 2 rings (SSSR count). The highest BCUT2D eigenvalue weighted by atomic mass is 35.5. The van der Waals surface area contributed by atoms with Crippen molar-refractivity contribution in [3.63, 3.8) is 0 Å².